The van der Waals surface area contributed by atoms with Crippen LogP contribution in [0.2, 0.25) is 0 Å². The van der Waals surface area contributed by atoms with Crippen molar-refractivity contribution in [2.45, 2.75) is 58.5 Å². The third-order valence-electron chi connectivity index (χ3n) is 5.64. The third kappa shape index (κ3) is 3.30. The van der Waals surface area contributed by atoms with Gasteiger partial charge in [-0.15, -0.1) is 0 Å². The van der Waals surface area contributed by atoms with Gasteiger partial charge in [0.05, 0.1) is 24.2 Å². The minimum absolute atomic E-state index is 0.0205. The predicted molar refractivity (Wildman–Crippen MR) is 96.6 cm³/mol. The number of aliphatic imine (C=N–C) groups is 1. The van der Waals surface area contributed by atoms with Gasteiger partial charge in [0.25, 0.3) is 0 Å². The van der Waals surface area contributed by atoms with E-state index in [1.54, 1.807) is 0 Å². The van der Waals surface area contributed by atoms with Gasteiger partial charge in [-0.2, -0.15) is 0 Å². The number of fused-ring (bicyclic) bond motifs is 2. The first-order chi connectivity index (χ1) is 11.0. The van der Waals surface area contributed by atoms with E-state index in [1.807, 2.05) is 6.34 Å². The zero-order chi connectivity index (χ0) is 16.4. The van der Waals surface area contributed by atoms with E-state index in [1.165, 1.54) is 42.4 Å². The molecule has 1 aromatic rings. The lowest BCUT2D eigenvalue weighted by molar-refractivity contribution is -0.0913. The quantitative estimate of drug-likeness (QED) is 0.602. The Kier molecular flexibility index (Phi) is 4.77. The van der Waals surface area contributed by atoms with Crippen LogP contribution in [-0.4, -0.2) is 31.4 Å². The summed E-state index contributed by atoms with van der Waals surface area (Å²) >= 11 is 0. The summed E-state index contributed by atoms with van der Waals surface area (Å²) in [6.45, 7) is 8.50. The number of benzene rings is 1. The van der Waals surface area contributed by atoms with Crippen molar-refractivity contribution in [2.75, 3.05) is 20.2 Å². The second-order valence-electron chi connectivity index (χ2n) is 7.39. The van der Waals surface area contributed by atoms with Gasteiger partial charge in [0.1, 0.15) is 0 Å². The molecule has 126 valence electrons. The van der Waals surface area contributed by atoms with Crippen LogP contribution in [0.15, 0.2) is 17.1 Å². The highest BCUT2D eigenvalue weighted by Crippen LogP contribution is 2.47. The molecule has 0 amide bonds. The monoisotopic (exact) mass is 314 g/mol. The third-order valence-corrected chi connectivity index (χ3v) is 5.64. The van der Waals surface area contributed by atoms with Crippen LogP contribution in [0, 0.1) is 12.8 Å². The summed E-state index contributed by atoms with van der Waals surface area (Å²) in [6, 6.07) is 4.65. The van der Waals surface area contributed by atoms with Crippen LogP contribution in [-0.2, 0) is 16.8 Å². The first kappa shape index (κ1) is 16.5. The highest BCUT2D eigenvalue weighted by molar-refractivity contribution is 5.64. The molecule has 3 nitrogen and oxygen atoms in total. The van der Waals surface area contributed by atoms with Crippen molar-refractivity contribution in [3.8, 4) is 0 Å². The number of hydrogen-bond donors (Lipinski definition) is 0. The Morgan fingerprint density at radius 3 is 2.78 bits per heavy atom. The van der Waals surface area contributed by atoms with Gasteiger partial charge in [0.15, 0.2) is 0 Å². The molecule has 2 aliphatic rings. The Morgan fingerprint density at radius 1 is 1.35 bits per heavy atom. The maximum atomic E-state index is 6.35. The molecule has 0 aromatic heterocycles. The zero-order valence-electron chi connectivity index (χ0n) is 15.1. The van der Waals surface area contributed by atoms with E-state index >= 15 is 0 Å². The van der Waals surface area contributed by atoms with E-state index in [2.05, 4.69) is 44.9 Å². The Balaban J connectivity index is 1.93. The van der Waals surface area contributed by atoms with E-state index in [-0.39, 0.29) is 5.60 Å². The minimum atomic E-state index is -0.0205. The Hall–Kier alpha value is -1.35. The Labute approximate surface area is 140 Å². The predicted octanol–water partition coefficient (Wildman–Crippen LogP) is 4.58. The molecule has 1 aliphatic heterocycles. The van der Waals surface area contributed by atoms with Gasteiger partial charge in [-0.3, -0.25) is 0 Å². The summed E-state index contributed by atoms with van der Waals surface area (Å²) in [5.74, 6) is 0.837. The van der Waals surface area contributed by atoms with Crippen LogP contribution >= 0.6 is 0 Å². The molecule has 1 fully saturated rings. The Morgan fingerprint density at radius 2 is 2.09 bits per heavy atom. The highest BCUT2D eigenvalue weighted by Gasteiger charge is 2.40. The second kappa shape index (κ2) is 6.64. The molecule has 23 heavy (non-hydrogen) atoms. The van der Waals surface area contributed by atoms with E-state index in [0.717, 1.165) is 31.2 Å². The summed E-state index contributed by atoms with van der Waals surface area (Å²) in [7, 11) is 2.06. The molecule has 1 aromatic carbocycles. The number of rotatable bonds is 3. The average Bonchev–Trinajstić information content (AvgIpc) is 2.56. The zero-order valence-corrected chi connectivity index (χ0v) is 15.1. The van der Waals surface area contributed by atoms with E-state index in [4.69, 9.17) is 9.73 Å². The number of hydrogen-bond acceptors (Lipinski definition) is 2. The van der Waals surface area contributed by atoms with Crippen molar-refractivity contribution < 1.29 is 4.74 Å². The number of aryl methyl sites for hydroxylation is 1. The van der Waals surface area contributed by atoms with Gasteiger partial charge < -0.3 is 9.64 Å². The second-order valence-corrected chi connectivity index (χ2v) is 7.39. The lowest BCUT2D eigenvalue weighted by Crippen LogP contribution is -2.38. The first-order valence-corrected chi connectivity index (χ1v) is 9.06. The van der Waals surface area contributed by atoms with Gasteiger partial charge in [-0.25, -0.2) is 4.99 Å². The normalized spacial score (nSPS) is 27.4. The molecule has 3 rings (SSSR count). The largest absolute Gasteiger partial charge is 0.370 e. The minimum Gasteiger partial charge on any atom is -0.370 e. The van der Waals surface area contributed by atoms with Crippen molar-refractivity contribution in [1.82, 2.24) is 4.90 Å². The van der Waals surface area contributed by atoms with Crippen molar-refractivity contribution in [3.63, 3.8) is 0 Å². The molecule has 1 spiro atoms. The van der Waals surface area contributed by atoms with E-state index in [9.17, 15) is 0 Å². The lowest BCUT2D eigenvalue weighted by Gasteiger charge is -2.43. The van der Waals surface area contributed by atoms with Crippen LogP contribution in [0.4, 0.5) is 5.69 Å². The Bertz CT molecular complexity index is 586. The van der Waals surface area contributed by atoms with Gasteiger partial charge in [-0.05, 0) is 74.6 Å². The summed E-state index contributed by atoms with van der Waals surface area (Å²) in [4.78, 5) is 6.79. The van der Waals surface area contributed by atoms with Crippen molar-refractivity contribution in [3.05, 3.63) is 28.8 Å². The van der Waals surface area contributed by atoms with Crippen LogP contribution < -0.4 is 0 Å². The standard InChI is InChI=1S/C20H30N2O/c1-5-22(4)14-21-19-13-17-8-11-23-20(18(17)12-16(19)3)9-6-15(2)7-10-20/h12-15H,5-11H2,1-4H3/b21-14+. The maximum Gasteiger partial charge on any atom is 0.0934 e. The van der Waals surface area contributed by atoms with Crippen molar-refractivity contribution >= 4 is 12.0 Å². The molecular formula is C20H30N2O. The van der Waals surface area contributed by atoms with Gasteiger partial charge in [-0.1, -0.05) is 13.0 Å². The van der Waals surface area contributed by atoms with Crippen LogP contribution in [0.3, 0.4) is 0 Å². The summed E-state index contributed by atoms with van der Waals surface area (Å²) < 4.78 is 6.35. The molecule has 1 saturated carbocycles. The average molecular weight is 314 g/mol. The van der Waals surface area contributed by atoms with Crippen LogP contribution in [0.25, 0.3) is 0 Å². The highest BCUT2D eigenvalue weighted by atomic mass is 16.5. The summed E-state index contributed by atoms with van der Waals surface area (Å²) in [5, 5.41) is 0. The van der Waals surface area contributed by atoms with Crippen molar-refractivity contribution in [2.24, 2.45) is 10.9 Å². The molecular weight excluding hydrogens is 284 g/mol. The smallest absolute Gasteiger partial charge is 0.0934 e. The maximum absolute atomic E-state index is 6.35. The van der Waals surface area contributed by atoms with Gasteiger partial charge in [0.2, 0.25) is 0 Å². The molecule has 1 heterocycles. The van der Waals surface area contributed by atoms with Crippen LogP contribution in [0.1, 0.15) is 56.2 Å². The van der Waals surface area contributed by atoms with E-state index in [0.29, 0.717) is 0 Å². The van der Waals surface area contributed by atoms with Crippen molar-refractivity contribution in [1.29, 1.82) is 0 Å². The topological polar surface area (TPSA) is 24.8 Å². The van der Waals surface area contributed by atoms with Crippen LogP contribution in [0.5, 0.6) is 0 Å². The summed E-state index contributed by atoms with van der Waals surface area (Å²) in [5.41, 5.74) is 5.23. The van der Waals surface area contributed by atoms with Gasteiger partial charge >= 0.3 is 0 Å². The molecule has 3 heteroatoms. The lowest BCUT2D eigenvalue weighted by atomic mass is 9.72. The molecule has 0 bridgehead atoms. The fourth-order valence-corrected chi connectivity index (χ4v) is 3.83. The number of ether oxygens (including phenoxy) is 1. The molecule has 0 atom stereocenters. The molecule has 0 saturated heterocycles. The summed E-state index contributed by atoms with van der Waals surface area (Å²) in [6.07, 6.45) is 7.84. The molecule has 1 aliphatic carbocycles. The molecule has 0 radical (unpaired) electrons. The molecule has 0 N–H and O–H groups in total. The first-order valence-electron chi connectivity index (χ1n) is 9.06. The fourth-order valence-electron chi connectivity index (χ4n) is 3.83. The number of nitrogens with zero attached hydrogens (tertiary/aromatic N) is 2. The SMILES string of the molecule is CCN(C)/C=N/c1cc2c(cc1C)C1(CCC(C)CC1)OCC2. The molecule has 0 unspecified atom stereocenters. The van der Waals surface area contributed by atoms with Gasteiger partial charge in [0, 0.05) is 13.6 Å². The fraction of sp³-hybridized carbons (Fsp3) is 0.650. The van der Waals surface area contributed by atoms with E-state index < -0.39 is 0 Å².